The third-order valence-electron chi connectivity index (χ3n) is 3.79. The lowest BCUT2D eigenvalue weighted by Crippen LogP contribution is -2.37. The minimum atomic E-state index is -1.04. The summed E-state index contributed by atoms with van der Waals surface area (Å²) < 4.78 is 23.9. The zero-order chi connectivity index (χ0) is 19.4. The lowest BCUT2D eigenvalue weighted by Gasteiger charge is -2.20. The van der Waals surface area contributed by atoms with Crippen molar-refractivity contribution in [3.05, 3.63) is 52.8 Å². The second-order valence-electron chi connectivity index (χ2n) is 5.71. The second-order valence-corrected chi connectivity index (χ2v) is 6.12. The Labute approximate surface area is 159 Å². The Morgan fingerprint density at radius 3 is 2.59 bits per heavy atom. The van der Waals surface area contributed by atoms with Crippen LogP contribution in [-0.2, 0) is 9.59 Å². The van der Waals surface area contributed by atoms with Gasteiger partial charge in [0.1, 0.15) is 19.0 Å². The predicted molar refractivity (Wildman–Crippen MR) is 95.4 cm³/mol. The highest BCUT2D eigenvalue weighted by atomic mass is 35.5. The number of anilines is 1. The molecule has 0 saturated heterocycles. The molecule has 0 aromatic heterocycles. The van der Waals surface area contributed by atoms with Gasteiger partial charge in [-0.15, -0.1) is 0 Å². The van der Waals surface area contributed by atoms with Crippen molar-refractivity contribution in [2.24, 2.45) is 0 Å². The number of ether oxygens (including phenoxy) is 2. The molecule has 1 aliphatic heterocycles. The van der Waals surface area contributed by atoms with Crippen LogP contribution in [0.4, 0.5) is 10.1 Å². The summed E-state index contributed by atoms with van der Waals surface area (Å²) in [5.74, 6) is -1.46. The number of benzene rings is 2. The van der Waals surface area contributed by atoms with Crippen molar-refractivity contribution in [3.8, 4) is 11.5 Å². The molecule has 3 N–H and O–H groups in total. The highest BCUT2D eigenvalue weighted by Gasteiger charge is 2.19. The molecule has 1 heterocycles. The van der Waals surface area contributed by atoms with E-state index in [-0.39, 0.29) is 17.3 Å². The van der Waals surface area contributed by atoms with Crippen LogP contribution in [0.1, 0.15) is 11.7 Å². The van der Waals surface area contributed by atoms with Gasteiger partial charge in [-0.2, -0.15) is 0 Å². The third kappa shape index (κ3) is 4.66. The molecule has 1 aliphatic rings. The Hall–Kier alpha value is -2.84. The van der Waals surface area contributed by atoms with Crippen molar-refractivity contribution in [2.75, 3.05) is 25.1 Å². The molecule has 3 rings (SSSR count). The van der Waals surface area contributed by atoms with Crippen LogP contribution < -0.4 is 20.1 Å². The van der Waals surface area contributed by atoms with Crippen LogP contribution in [0.15, 0.2) is 36.4 Å². The van der Waals surface area contributed by atoms with Crippen molar-refractivity contribution in [1.82, 2.24) is 5.32 Å². The van der Waals surface area contributed by atoms with Crippen molar-refractivity contribution < 1.29 is 28.6 Å². The molecule has 2 aromatic carbocycles. The highest BCUT2D eigenvalue weighted by Crippen LogP contribution is 2.32. The van der Waals surface area contributed by atoms with Gasteiger partial charge in [-0.05, 0) is 35.9 Å². The minimum Gasteiger partial charge on any atom is -0.486 e. The number of amides is 2. The highest BCUT2D eigenvalue weighted by molar-refractivity contribution is 6.39. The number of aliphatic hydroxyl groups excluding tert-OH is 1. The quantitative estimate of drug-likeness (QED) is 0.689. The smallest absolute Gasteiger partial charge is 0.313 e. The number of hydrogen-bond donors (Lipinski definition) is 3. The molecule has 0 bridgehead atoms. The van der Waals surface area contributed by atoms with E-state index in [9.17, 15) is 19.1 Å². The number of halogens is 2. The number of carbonyl (C=O) groups excluding carboxylic acids is 2. The first-order valence-electron chi connectivity index (χ1n) is 8.06. The number of fused-ring (bicyclic) bond motifs is 1. The van der Waals surface area contributed by atoms with Gasteiger partial charge in [0.2, 0.25) is 0 Å². The van der Waals surface area contributed by atoms with E-state index >= 15 is 0 Å². The van der Waals surface area contributed by atoms with E-state index in [0.717, 1.165) is 6.07 Å². The normalized spacial score (nSPS) is 13.6. The summed E-state index contributed by atoms with van der Waals surface area (Å²) in [6.07, 6.45) is -1.04. The summed E-state index contributed by atoms with van der Waals surface area (Å²) in [5.41, 5.74) is 0.680. The summed E-state index contributed by atoms with van der Waals surface area (Å²) in [7, 11) is 0. The number of rotatable bonds is 4. The molecule has 0 radical (unpaired) electrons. The Bertz CT molecular complexity index is 877. The fourth-order valence-corrected chi connectivity index (χ4v) is 2.60. The average Bonchev–Trinajstić information content (AvgIpc) is 2.68. The van der Waals surface area contributed by atoms with E-state index in [4.69, 9.17) is 21.1 Å². The molecule has 0 aliphatic carbocycles. The average molecular weight is 395 g/mol. The first-order valence-corrected chi connectivity index (χ1v) is 8.43. The van der Waals surface area contributed by atoms with Crippen molar-refractivity contribution in [2.45, 2.75) is 6.10 Å². The number of hydrogen-bond acceptors (Lipinski definition) is 5. The molecule has 142 valence electrons. The van der Waals surface area contributed by atoms with Gasteiger partial charge in [-0.3, -0.25) is 9.59 Å². The lowest BCUT2D eigenvalue weighted by molar-refractivity contribution is -0.136. The van der Waals surface area contributed by atoms with Crippen LogP contribution in [0.2, 0.25) is 5.02 Å². The standard InChI is InChI=1S/C18H16ClFN2O5/c19-12-8-11(2-3-13(12)20)22-18(25)17(24)21-9-14(23)10-1-4-15-16(7-10)27-6-5-26-15/h1-4,7-8,14,23H,5-6,9H2,(H,21,24)(H,22,25)/t14-/m1/s1. The van der Waals surface area contributed by atoms with E-state index in [1.165, 1.54) is 12.1 Å². The maximum absolute atomic E-state index is 13.1. The van der Waals surface area contributed by atoms with Gasteiger partial charge in [0.05, 0.1) is 11.1 Å². The topological polar surface area (TPSA) is 96.9 Å². The van der Waals surface area contributed by atoms with Crippen molar-refractivity contribution in [3.63, 3.8) is 0 Å². The first kappa shape index (κ1) is 18.9. The van der Waals surface area contributed by atoms with E-state index in [1.807, 2.05) is 0 Å². The van der Waals surface area contributed by atoms with E-state index < -0.39 is 23.7 Å². The van der Waals surface area contributed by atoms with Gasteiger partial charge in [0.15, 0.2) is 11.5 Å². The monoisotopic (exact) mass is 394 g/mol. The fraction of sp³-hybridized carbons (Fsp3) is 0.222. The van der Waals surface area contributed by atoms with Crippen LogP contribution in [0.25, 0.3) is 0 Å². The molecule has 0 spiro atoms. The molecule has 27 heavy (non-hydrogen) atoms. The molecule has 9 heteroatoms. The lowest BCUT2D eigenvalue weighted by atomic mass is 10.1. The minimum absolute atomic E-state index is 0.175. The maximum Gasteiger partial charge on any atom is 0.313 e. The summed E-state index contributed by atoms with van der Waals surface area (Å²) in [6.45, 7) is 0.687. The van der Waals surface area contributed by atoms with Gasteiger partial charge >= 0.3 is 11.8 Å². The predicted octanol–water partition coefficient (Wildman–Crippen LogP) is 2.04. The molecule has 0 fully saturated rings. The summed E-state index contributed by atoms with van der Waals surface area (Å²) in [5, 5.41) is 14.6. The number of carbonyl (C=O) groups is 2. The SMILES string of the molecule is O=C(NC[C@@H](O)c1ccc2c(c1)OCCO2)C(=O)Nc1ccc(F)c(Cl)c1. The zero-order valence-electron chi connectivity index (χ0n) is 14.0. The van der Waals surface area contributed by atoms with Crippen LogP contribution in [-0.4, -0.2) is 36.7 Å². The van der Waals surface area contributed by atoms with E-state index in [2.05, 4.69) is 10.6 Å². The van der Waals surface area contributed by atoms with Crippen molar-refractivity contribution >= 4 is 29.1 Å². The summed E-state index contributed by atoms with van der Waals surface area (Å²) in [6, 6.07) is 8.46. The largest absolute Gasteiger partial charge is 0.486 e. The third-order valence-corrected chi connectivity index (χ3v) is 4.08. The second kappa shape index (κ2) is 8.24. The first-order chi connectivity index (χ1) is 12.9. The van der Waals surface area contributed by atoms with Crippen molar-refractivity contribution in [1.29, 1.82) is 0 Å². The Kier molecular flexibility index (Phi) is 5.78. The van der Waals surface area contributed by atoms with Crippen LogP contribution in [0.3, 0.4) is 0 Å². The Morgan fingerprint density at radius 1 is 1.11 bits per heavy atom. The molecular weight excluding hydrogens is 379 g/mol. The van der Waals surface area contributed by atoms with Gasteiger partial charge in [-0.1, -0.05) is 17.7 Å². The van der Waals surface area contributed by atoms with Gasteiger partial charge in [0, 0.05) is 12.2 Å². The number of nitrogens with one attached hydrogen (secondary N) is 2. The molecular formula is C18H16ClFN2O5. The molecule has 2 aromatic rings. The molecule has 0 unspecified atom stereocenters. The molecule has 1 atom stereocenters. The molecule has 2 amide bonds. The maximum atomic E-state index is 13.1. The van der Waals surface area contributed by atoms with E-state index in [1.54, 1.807) is 18.2 Å². The fourth-order valence-electron chi connectivity index (χ4n) is 2.42. The number of aliphatic hydroxyl groups is 1. The van der Waals surface area contributed by atoms with E-state index in [0.29, 0.717) is 30.3 Å². The molecule has 7 nitrogen and oxygen atoms in total. The summed E-state index contributed by atoms with van der Waals surface area (Å²) in [4.78, 5) is 23.8. The molecule has 0 saturated carbocycles. The summed E-state index contributed by atoms with van der Waals surface area (Å²) >= 11 is 5.62. The van der Waals surface area contributed by atoms with Gasteiger partial charge in [-0.25, -0.2) is 4.39 Å². The van der Waals surface area contributed by atoms with Crippen LogP contribution in [0, 0.1) is 5.82 Å². The van der Waals surface area contributed by atoms with Gasteiger partial charge < -0.3 is 25.2 Å². The van der Waals surface area contributed by atoms with Crippen LogP contribution >= 0.6 is 11.6 Å². The van der Waals surface area contributed by atoms with Crippen LogP contribution in [0.5, 0.6) is 11.5 Å². The van der Waals surface area contributed by atoms with Gasteiger partial charge in [0.25, 0.3) is 0 Å². The zero-order valence-corrected chi connectivity index (χ0v) is 14.8. The Morgan fingerprint density at radius 2 is 1.85 bits per heavy atom. The Balaban J connectivity index is 1.54.